The number of amides is 1. The van der Waals surface area contributed by atoms with Gasteiger partial charge >= 0.3 is 6.18 Å². The maximum absolute atomic E-state index is 13.1. The second kappa shape index (κ2) is 8.15. The number of nitrogens with zero attached hydrogens (tertiary/aromatic N) is 2. The average Bonchev–Trinajstić information content (AvgIpc) is 3.65. The number of alkyl halides is 3. The Morgan fingerprint density at radius 3 is 2.49 bits per heavy atom. The van der Waals surface area contributed by atoms with E-state index in [9.17, 15) is 18.0 Å². The Bertz CT molecular complexity index is 1420. The van der Waals surface area contributed by atoms with Gasteiger partial charge in [0.2, 0.25) is 0 Å². The highest BCUT2D eigenvalue weighted by Crippen LogP contribution is 2.39. The Morgan fingerprint density at radius 2 is 1.74 bits per heavy atom. The van der Waals surface area contributed by atoms with Crippen molar-refractivity contribution in [2.24, 2.45) is 0 Å². The van der Waals surface area contributed by atoms with Gasteiger partial charge in [0, 0.05) is 23.6 Å². The molecule has 0 spiro atoms. The van der Waals surface area contributed by atoms with Crippen molar-refractivity contribution in [2.75, 3.05) is 13.2 Å². The molecule has 2 aliphatic rings. The SMILES string of the molecule is O=C(c1ccc(C(F)(F)F)cc1)N1CCOc2ccc(-c3ccc4nc(C5CC5)[nH]c4c3)cc2C1. The molecule has 1 aliphatic carbocycles. The van der Waals surface area contributed by atoms with E-state index < -0.39 is 11.7 Å². The number of carbonyl (C=O) groups is 1. The van der Waals surface area contributed by atoms with Crippen molar-refractivity contribution in [2.45, 2.75) is 31.5 Å². The third-order valence-electron chi connectivity index (χ3n) is 6.58. The van der Waals surface area contributed by atoms with Crippen LogP contribution in [0.5, 0.6) is 5.75 Å². The van der Waals surface area contributed by atoms with E-state index in [0.717, 1.165) is 45.7 Å². The van der Waals surface area contributed by atoms with Gasteiger partial charge in [-0.3, -0.25) is 4.79 Å². The Morgan fingerprint density at radius 1 is 1.00 bits per heavy atom. The summed E-state index contributed by atoms with van der Waals surface area (Å²) in [6, 6.07) is 16.4. The van der Waals surface area contributed by atoms with Crippen LogP contribution in [0.15, 0.2) is 60.7 Å². The third-order valence-corrected chi connectivity index (χ3v) is 6.58. The molecule has 0 saturated heterocycles. The normalized spacial score (nSPS) is 16.0. The van der Waals surface area contributed by atoms with Gasteiger partial charge in [-0.1, -0.05) is 12.1 Å². The number of halogens is 3. The molecule has 35 heavy (non-hydrogen) atoms. The van der Waals surface area contributed by atoms with E-state index in [0.29, 0.717) is 31.4 Å². The fourth-order valence-electron chi connectivity index (χ4n) is 4.49. The minimum Gasteiger partial charge on any atom is -0.491 e. The number of aromatic nitrogens is 2. The number of aromatic amines is 1. The number of imidazole rings is 1. The first-order valence-electron chi connectivity index (χ1n) is 11.6. The zero-order valence-corrected chi connectivity index (χ0v) is 18.7. The molecular weight excluding hydrogens is 455 g/mol. The average molecular weight is 477 g/mol. The molecule has 2 heterocycles. The summed E-state index contributed by atoms with van der Waals surface area (Å²) in [5, 5.41) is 0. The third kappa shape index (κ3) is 4.24. The van der Waals surface area contributed by atoms with Crippen LogP contribution in [0.1, 0.15) is 46.1 Å². The van der Waals surface area contributed by atoms with Crippen LogP contribution in [0.4, 0.5) is 13.2 Å². The lowest BCUT2D eigenvalue weighted by Gasteiger charge is -2.20. The lowest BCUT2D eigenvalue weighted by Crippen LogP contribution is -2.32. The number of hydrogen-bond donors (Lipinski definition) is 1. The summed E-state index contributed by atoms with van der Waals surface area (Å²) < 4.78 is 44.5. The number of ether oxygens (including phenoxy) is 1. The minimum absolute atomic E-state index is 0.216. The van der Waals surface area contributed by atoms with Crippen molar-refractivity contribution in [3.8, 4) is 16.9 Å². The largest absolute Gasteiger partial charge is 0.491 e. The van der Waals surface area contributed by atoms with Gasteiger partial charge in [-0.05, 0) is 72.5 Å². The summed E-state index contributed by atoms with van der Waals surface area (Å²) in [6.45, 7) is 0.956. The number of fused-ring (bicyclic) bond motifs is 2. The number of nitrogens with one attached hydrogen (secondary N) is 1. The van der Waals surface area contributed by atoms with Crippen molar-refractivity contribution in [3.63, 3.8) is 0 Å². The van der Waals surface area contributed by atoms with E-state index in [-0.39, 0.29) is 11.5 Å². The Labute approximate surface area is 199 Å². The van der Waals surface area contributed by atoms with Crippen LogP contribution in [0.25, 0.3) is 22.2 Å². The molecule has 1 saturated carbocycles. The molecule has 0 unspecified atom stereocenters. The topological polar surface area (TPSA) is 58.2 Å². The Balaban J connectivity index is 1.26. The van der Waals surface area contributed by atoms with E-state index in [1.807, 2.05) is 30.3 Å². The zero-order valence-electron chi connectivity index (χ0n) is 18.7. The number of hydrogen-bond acceptors (Lipinski definition) is 3. The maximum atomic E-state index is 13.1. The van der Waals surface area contributed by atoms with Crippen LogP contribution in [-0.4, -0.2) is 33.9 Å². The van der Waals surface area contributed by atoms with E-state index in [1.54, 1.807) is 4.90 Å². The summed E-state index contributed by atoms with van der Waals surface area (Å²) >= 11 is 0. The molecule has 1 amide bonds. The molecule has 0 atom stereocenters. The summed E-state index contributed by atoms with van der Waals surface area (Å²) in [4.78, 5) is 22.8. The van der Waals surface area contributed by atoms with Gasteiger partial charge in [0.05, 0.1) is 23.1 Å². The summed E-state index contributed by atoms with van der Waals surface area (Å²) in [7, 11) is 0. The number of H-pyrrole nitrogens is 1. The van der Waals surface area contributed by atoms with E-state index in [4.69, 9.17) is 4.74 Å². The van der Waals surface area contributed by atoms with Crippen molar-refractivity contribution in [3.05, 3.63) is 83.2 Å². The molecule has 178 valence electrons. The quantitative estimate of drug-likeness (QED) is 0.384. The van der Waals surface area contributed by atoms with Gasteiger partial charge in [0.15, 0.2) is 0 Å². The highest BCUT2D eigenvalue weighted by molar-refractivity contribution is 5.94. The zero-order chi connectivity index (χ0) is 24.2. The van der Waals surface area contributed by atoms with Crippen LogP contribution < -0.4 is 4.74 Å². The van der Waals surface area contributed by atoms with Gasteiger partial charge in [-0.15, -0.1) is 0 Å². The van der Waals surface area contributed by atoms with Crippen LogP contribution in [0, 0.1) is 0 Å². The van der Waals surface area contributed by atoms with Crippen LogP contribution in [0.3, 0.4) is 0 Å². The minimum atomic E-state index is -4.44. The van der Waals surface area contributed by atoms with Gasteiger partial charge in [-0.25, -0.2) is 4.98 Å². The number of carbonyl (C=O) groups excluding carboxylic acids is 1. The smallest absolute Gasteiger partial charge is 0.416 e. The van der Waals surface area contributed by atoms with E-state index in [2.05, 4.69) is 16.0 Å². The Hall–Kier alpha value is -3.81. The molecule has 4 aromatic rings. The molecule has 1 N–H and O–H groups in total. The molecule has 8 heteroatoms. The highest BCUT2D eigenvalue weighted by Gasteiger charge is 2.31. The van der Waals surface area contributed by atoms with Gasteiger partial charge in [0.1, 0.15) is 18.2 Å². The van der Waals surface area contributed by atoms with Crippen LogP contribution in [-0.2, 0) is 12.7 Å². The van der Waals surface area contributed by atoms with Crippen LogP contribution in [0.2, 0.25) is 0 Å². The monoisotopic (exact) mass is 477 g/mol. The van der Waals surface area contributed by atoms with Crippen molar-refractivity contribution < 1.29 is 22.7 Å². The van der Waals surface area contributed by atoms with Gasteiger partial charge in [0.25, 0.3) is 5.91 Å². The molecule has 5 nitrogen and oxygen atoms in total. The predicted molar refractivity (Wildman–Crippen MR) is 125 cm³/mol. The van der Waals surface area contributed by atoms with Crippen LogP contribution >= 0.6 is 0 Å². The fraction of sp³-hybridized carbons (Fsp3) is 0.259. The predicted octanol–water partition coefficient (Wildman–Crippen LogP) is 6.16. The summed E-state index contributed by atoms with van der Waals surface area (Å²) in [5.74, 6) is 1.97. The van der Waals surface area contributed by atoms with Crippen molar-refractivity contribution in [1.29, 1.82) is 0 Å². The second-order valence-electron chi connectivity index (χ2n) is 9.10. The van der Waals surface area contributed by atoms with E-state index >= 15 is 0 Å². The first-order valence-corrected chi connectivity index (χ1v) is 11.6. The fourth-order valence-corrected chi connectivity index (χ4v) is 4.49. The second-order valence-corrected chi connectivity index (χ2v) is 9.10. The number of rotatable bonds is 3. The standard InChI is InChI=1S/C27H22F3N3O2/c28-27(29,30)21-7-3-17(4-8-21)26(34)33-11-12-35-24-10-6-18(13-20(24)15-33)19-5-9-22-23(14-19)32-25(31-22)16-1-2-16/h3-10,13-14,16H,1-2,11-12,15H2,(H,31,32). The number of benzene rings is 3. The molecule has 3 aromatic carbocycles. The molecule has 0 radical (unpaired) electrons. The molecule has 0 bridgehead atoms. The summed E-state index contributed by atoms with van der Waals surface area (Å²) in [6.07, 6.45) is -2.08. The first-order chi connectivity index (χ1) is 16.8. The van der Waals surface area contributed by atoms with E-state index in [1.165, 1.54) is 25.0 Å². The Kier molecular flexibility index (Phi) is 5.05. The highest BCUT2D eigenvalue weighted by atomic mass is 19.4. The molecule has 1 aromatic heterocycles. The molecule has 6 rings (SSSR count). The maximum Gasteiger partial charge on any atom is 0.416 e. The van der Waals surface area contributed by atoms with Crippen molar-refractivity contribution in [1.82, 2.24) is 14.9 Å². The molecular formula is C27H22F3N3O2. The molecule has 1 fully saturated rings. The lowest BCUT2D eigenvalue weighted by atomic mass is 10.0. The van der Waals surface area contributed by atoms with Gasteiger partial charge in [-0.2, -0.15) is 13.2 Å². The lowest BCUT2D eigenvalue weighted by molar-refractivity contribution is -0.137. The van der Waals surface area contributed by atoms with Gasteiger partial charge < -0.3 is 14.6 Å². The molecule has 1 aliphatic heterocycles. The van der Waals surface area contributed by atoms with Crippen molar-refractivity contribution >= 4 is 16.9 Å². The first kappa shape index (κ1) is 21.7. The summed E-state index contributed by atoms with van der Waals surface area (Å²) in [5.41, 5.74) is 4.24.